The molecule has 2 amide bonds. The van der Waals surface area contributed by atoms with Crippen LogP contribution in [-0.2, 0) is 17.6 Å². The second-order valence-electron chi connectivity index (χ2n) is 8.79. The van der Waals surface area contributed by atoms with Crippen molar-refractivity contribution >= 4 is 41.0 Å². The smallest absolute Gasteiger partial charge is 0.269 e. The maximum atomic E-state index is 12.9. The molecule has 1 aliphatic rings. The zero-order valence-electron chi connectivity index (χ0n) is 20.0. The number of ketones is 1. The highest BCUT2D eigenvalue weighted by atomic mass is 35.5. The van der Waals surface area contributed by atoms with Gasteiger partial charge in [0.15, 0.2) is 11.5 Å². The van der Waals surface area contributed by atoms with E-state index >= 15 is 0 Å². The summed E-state index contributed by atoms with van der Waals surface area (Å²) in [7, 11) is 0. The first-order valence-electron chi connectivity index (χ1n) is 11.7. The van der Waals surface area contributed by atoms with E-state index in [1.807, 2.05) is 42.5 Å². The minimum absolute atomic E-state index is 0.0367. The highest BCUT2D eigenvalue weighted by Crippen LogP contribution is 2.38. The molecular weight excluding hydrogens is 488 g/mol. The van der Waals surface area contributed by atoms with Gasteiger partial charge in [0.1, 0.15) is 0 Å². The molecule has 3 N–H and O–H groups in total. The first-order chi connectivity index (χ1) is 17.8. The predicted octanol–water partition coefficient (Wildman–Crippen LogP) is 5.24. The molecule has 5 rings (SSSR count). The minimum atomic E-state index is -0.595. The molecule has 184 valence electrons. The first kappa shape index (κ1) is 24.2. The van der Waals surface area contributed by atoms with Gasteiger partial charge >= 0.3 is 0 Å². The third-order valence-corrected chi connectivity index (χ3v) is 6.58. The lowest BCUT2D eigenvalue weighted by molar-refractivity contribution is -0.112. The van der Waals surface area contributed by atoms with Crippen LogP contribution in [0.3, 0.4) is 0 Å². The van der Waals surface area contributed by atoms with Crippen LogP contribution in [0.4, 0.5) is 5.69 Å². The van der Waals surface area contributed by atoms with Gasteiger partial charge in [-0.15, -0.1) is 0 Å². The Balaban J connectivity index is 1.57. The molecule has 1 aliphatic carbocycles. The largest absolute Gasteiger partial charge is 0.364 e. The van der Waals surface area contributed by atoms with E-state index in [4.69, 9.17) is 17.3 Å². The lowest BCUT2D eigenvalue weighted by Crippen LogP contribution is -2.15. The number of amides is 2. The van der Waals surface area contributed by atoms with Crippen molar-refractivity contribution in [3.8, 4) is 16.9 Å². The van der Waals surface area contributed by atoms with Gasteiger partial charge in [0, 0.05) is 16.8 Å². The number of allylic oxidation sites excluding steroid dienone is 1. The summed E-state index contributed by atoms with van der Waals surface area (Å²) in [5, 5.41) is 7.87. The molecule has 0 unspecified atom stereocenters. The van der Waals surface area contributed by atoms with Crippen molar-refractivity contribution in [3.05, 3.63) is 106 Å². The molecule has 0 spiro atoms. The van der Waals surface area contributed by atoms with Crippen molar-refractivity contribution in [1.82, 2.24) is 9.78 Å². The SMILES string of the molecule is CC(=O)/C=C/c1ccc(-n2nc(C(N)=O)c3c2-c2cc(NC(=O)c4ccccc4Cl)ccc2CC3)cc1. The Morgan fingerprint density at radius 1 is 1.03 bits per heavy atom. The summed E-state index contributed by atoms with van der Waals surface area (Å²) >= 11 is 6.20. The number of benzene rings is 3. The van der Waals surface area contributed by atoms with Crippen molar-refractivity contribution in [1.29, 1.82) is 0 Å². The second kappa shape index (κ2) is 9.87. The number of anilines is 1. The second-order valence-corrected chi connectivity index (χ2v) is 9.20. The van der Waals surface area contributed by atoms with E-state index in [0.717, 1.165) is 33.6 Å². The zero-order valence-corrected chi connectivity index (χ0v) is 20.8. The molecule has 0 saturated carbocycles. The average Bonchev–Trinajstić information content (AvgIpc) is 3.28. The Kier molecular flexibility index (Phi) is 6.46. The Hall–Kier alpha value is -4.49. The Morgan fingerprint density at radius 3 is 2.49 bits per heavy atom. The number of nitrogens with zero attached hydrogens (tertiary/aromatic N) is 2. The van der Waals surface area contributed by atoms with Gasteiger partial charge in [0.25, 0.3) is 11.8 Å². The Morgan fingerprint density at radius 2 is 1.78 bits per heavy atom. The third kappa shape index (κ3) is 4.81. The Labute approximate surface area is 218 Å². The molecule has 37 heavy (non-hydrogen) atoms. The van der Waals surface area contributed by atoms with E-state index in [0.29, 0.717) is 29.1 Å². The summed E-state index contributed by atoms with van der Waals surface area (Å²) in [6.45, 7) is 1.49. The number of nitrogens with one attached hydrogen (secondary N) is 1. The van der Waals surface area contributed by atoms with E-state index in [1.165, 1.54) is 13.0 Å². The summed E-state index contributed by atoms with van der Waals surface area (Å²) in [5.41, 5.74) is 12.0. The maximum Gasteiger partial charge on any atom is 0.269 e. The number of halogens is 1. The minimum Gasteiger partial charge on any atom is -0.364 e. The number of carbonyl (C=O) groups is 3. The molecule has 0 bridgehead atoms. The molecule has 7 nitrogen and oxygen atoms in total. The van der Waals surface area contributed by atoms with E-state index < -0.39 is 5.91 Å². The topological polar surface area (TPSA) is 107 Å². The lowest BCUT2D eigenvalue weighted by Gasteiger charge is -2.20. The normalized spacial score (nSPS) is 12.2. The third-order valence-electron chi connectivity index (χ3n) is 6.25. The molecule has 0 atom stereocenters. The van der Waals surface area contributed by atoms with Crippen molar-refractivity contribution in [2.24, 2.45) is 5.73 Å². The highest BCUT2D eigenvalue weighted by Gasteiger charge is 2.28. The fraction of sp³-hybridized carbons (Fsp3) is 0.103. The molecule has 8 heteroatoms. The molecule has 4 aromatic rings. The maximum absolute atomic E-state index is 12.9. The van der Waals surface area contributed by atoms with Gasteiger partial charge in [0.05, 0.1) is 22.0 Å². The van der Waals surface area contributed by atoms with Crippen molar-refractivity contribution in [2.75, 3.05) is 5.32 Å². The molecule has 0 aliphatic heterocycles. The number of hydrogen-bond acceptors (Lipinski definition) is 4. The quantitative estimate of drug-likeness (QED) is 0.346. The van der Waals surface area contributed by atoms with Gasteiger partial charge < -0.3 is 11.1 Å². The lowest BCUT2D eigenvalue weighted by atomic mass is 9.88. The fourth-order valence-electron chi connectivity index (χ4n) is 4.48. The summed E-state index contributed by atoms with van der Waals surface area (Å²) in [4.78, 5) is 36.4. The van der Waals surface area contributed by atoms with Crippen LogP contribution in [0.5, 0.6) is 0 Å². The van der Waals surface area contributed by atoms with E-state index in [9.17, 15) is 14.4 Å². The molecular formula is C29H23ClN4O3. The number of nitrogens with two attached hydrogens (primary N) is 1. The van der Waals surface area contributed by atoms with Gasteiger partial charge in [-0.3, -0.25) is 14.4 Å². The first-order valence-corrected chi connectivity index (χ1v) is 12.1. The molecule has 0 radical (unpaired) electrons. The van der Waals surface area contributed by atoms with Gasteiger partial charge in [-0.25, -0.2) is 4.68 Å². The number of primary amides is 1. The summed E-state index contributed by atoms with van der Waals surface area (Å²) < 4.78 is 1.71. The number of hydrogen-bond donors (Lipinski definition) is 2. The Bertz CT molecular complexity index is 1590. The number of carbonyl (C=O) groups excluding carboxylic acids is 3. The van der Waals surface area contributed by atoms with E-state index in [2.05, 4.69) is 10.4 Å². The van der Waals surface area contributed by atoms with Gasteiger partial charge in [0.2, 0.25) is 0 Å². The molecule has 0 saturated heterocycles. The van der Waals surface area contributed by atoms with Crippen LogP contribution in [-0.4, -0.2) is 27.4 Å². The van der Waals surface area contributed by atoms with E-state index in [-0.39, 0.29) is 17.4 Å². The zero-order chi connectivity index (χ0) is 26.1. The molecule has 0 fully saturated rings. The van der Waals surface area contributed by atoms with Crippen molar-refractivity contribution < 1.29 is 14.4 Å². The summed E-state index contributed by atoms with van der Waals surface area (Å²) in [5.74, 6) is -0.949. The standard InChI is InChI=1S/C29H23ClN4O3/c1-17(35)6-7-18-8-13-21(14-9-18)34-27-23(26(33-34)28(31)36)15-11-19-10-12-20(16-24(19)27)32-29(37)22-4-2-3-5-25(22)30/h2-10,12-14,16H,11,15H2,1H3,(H2,31,36)(H,32,37)/b7-6+. The average molecular weight is 511 g/mol. The fourth-order valence-corrected chi connectivity index (χ4v) is 4.71. The van der Waals surface area contributed by atoms with Gasteiger partial charge in [-0.2, -0.15) is 5.10 Å². The van der Waals surface area contributed by atoms with Crippen LogP contribution in [0.15, 0.2) is 72.8 Å². The van der Waals surface area contributed by atoms with Crippen LogP contribution < -0.4 is 11.1 Å². The molecule has 1 heterocycles. The number of fused-ring (bicyclic) bond motifs is 3. The monoisotopic (exact) mass is 510 g/mol. The van der Waals surface area contributed by atoms with Gasteiger partial charge in [-0.1, -0.05) is 48.0 Å². The molecule has 3 aromatic carbocycles. The predicted molar refractivity (Wildman–Crippen MR) is 144 cm³/mol. The van der Waals surface area contributed by atoms with Crippen molar-refractivity contribution in [2.45, 2.75) is 19.8 Å². The van der Waals surface area contributed by atoms with Crippen LogP contribution >= 0.6 is 11.6 Å². The van der Waals surface area contributed by atoms with Crippen LogP contribution in [0.2, 0.25) is 5.02 Å². The van der Waals surface area contributed by atoms with Gasteiger partial charge in [-0.05, 0) is 73.4 Å². The number of aromatic nitrogens is 2. The summed E-state index contributed by atoms with van der Waals surface area (Å²) in [6.07, 6.45) is 4.57. The van der Waals surface area contributed by atoms with Crippen molar-refractivity contribution in [3.63, 3.8) is 0 Å². The molecule has 1 aromatic heterocycles. The number of rotatable bonds is 6. The highest BCUT2D eigenvalue weighted by molar-refractivity contribution is 6.34. The van der Waals surface area contributed by atoms with Crippen LogP contribution in [0.25, 0.3) is 23.0 Å². The summed E-state index contributed by atoms with van der Waals surface area (Å²) in [6, 6.07) is 20.0. The van der Waals surface area contributed by atoms with E-state index in [1.54, 1.807) is 35.0 Å². The number of aryl methyl sites for hydroxylation is 1. The van der Waals surface area contributed by atoms with Crippen LogP contribution in [0, 0.1) is 0 Å². The van der Waals surface area contributed by atoms with Crippen LogP contribution in [0.1, 0.15) is 44.5 Å².